The number of hydrogen-bond acceptors (Lipinski definition) is 1. The summed E-state index contributed by atoms with van der Waals surface area (Å²) in [7, 11) is 0. The van der Waals surface area contributed by atoms with Gasteiger partial charge in [0.1, 0.15) is 5.75 Å². The number of para-hydroxylation sites is 1. The second-order valence-electron chi connectivity index (χ2n) is 2.80. The van der Waals surface area contributed by atoms with Gasteiger partial charge in [-0.3, -0.25) is 0 Å². The van der Waals surface area contributed by atoms with Crippen molar-refractivity contribution in [1.29, 1.82) is 0 Å². The Kier molecular flexibility index (Phi) is 1.71. The van der Waals surface area contributed by atoms with Gasteiger partial charge in [0.15, 0.2) is 0 Å². The zero-order chi connectivity index (χ0) is 8.39. The Labute approximate surface area is 72.0 Å². The molecule has 0 saturated heterocycles. The molecule has 0 aliphatic carbocycles. The lowest BCUT2D eigenvalue weighted by Crippen LogP contribution is -2.00. The van der Waals surface area contributed by atoms with Gasteiger partial charge in [-0.1, -0.05) is 30.9 Å². The maximum Gasteiger partial charge on any atom is 0.130 e. The molecule has 1 heterocycles. The summed E-state index contributed by atoms with van der Waals surface area (Å²) in [6.45, 7) is 3.71. The molecular weight excluding hydrogens is 148 g/mol. The molecule has 60 valence electrons. The van der Waals surface area contributed by atoms with Crippen LogP contribution in [0.15, 0.2) is 48.8 Å². The van der Waals surface area contributed by atoms with E-state index < -0.39 is 0 Å². The van der Waals surface area contributed by atoms with Gasteiger partial charge < -0.3 is 4.74 Å². The van der Waals surface area contributed by atoms with Crippen LogP contribution in [0, 0.1) is 0 Å². The quantitative estimate of drug-likeness (QED) is 0.610. The average Bonchev–Trinajstić information content (AvgIpc) is 2.17. The van der Waals surface area contributed by atoms with Crippen LogP contribution in [0.25, 0.3) is 0 Å². The van der Waals surface area contributed by atoms with E-state index >= 15 is 0 Å². The highest BCUT2D eigenvalue weighted by atomic mass is 16.5. The Balaban J connectivity index is 2.36. The van der Waals surface area contributed by atoms with Gasteiger partial charge in [0.25, 0.3) is 0 Å². The zero-order valence-corrected chi connectivity index (χ0v) is 6.79. The molecule has 0 bridgehead atoms. The van der Waals surface area contributed by atoms with Crippen molar-refractivity contribution in [3.63, 3.8) is 0 Å². The molecule has 0 unspecified atom stereocenters. The van der Waals surface area contributed by atoms with E-state index in [0.717, 1.165) is 17.7 Å². The second-order valence-corrected chi connectivity index (χ2v) is 2.80. The number of fused-ring (bicyclic) bond motifs is 1. The molecule has 1 aliphatic rings. The molecular formula is C11H10O. The van der Waals surface area contributed by atoms with Gasteiger partial charge in [-0.05, 0) is 17.2 Å². The lowest BCUT2D eigenvalue weighted by molar-refractivity contribution is 0.459. The standard InChI is InChI=1S/C11H10O/c1-2-9-7-10-5-3-4-6-11(10)12-8-9/h2-6,8H,1,7H2. The second kappa shape index (κ2) is 2.86. The van der Waals surface area contributed by atoms with Crippen molar-refractivity contribution in [2.24, 2.45) is 0 Å². The minimum absolute atomic E-state index is 0.930. The molecule has 0 amide bonds. The Morgan fingerprint density at radius 2 is 2.17 bits per heavy atom. The van der Waals surface area contributed by atoms with Crippen molar-refractivity contribution in [3.05, 3.63) is 54.3 Å². The van der Waals surface area contributed by atoms with Gasteiger partial charge in [0, 0.05) is 6.42 Å². The molecule has 1 nitrogen and oxygen atoms in total. The fraction of sp³-hybridized carbons (Fsp3) is 0.0909. The summed E-state index contributed by atoms with van der Waals surface area (Å²) in [5.74, 6) is 0.961. The number of allylic oxidation sites excluding steroid dienone is 2. The van der Waals surface area contributed by atoms with Crippen LogP contribution in [0.4, 0.5) is 0 Å². The van der Waals surface area contributed by atoms with Gasteiger partial charge in [-0.2, -0.15) is 0 Å². The van der Waals surface area contributed by atoms with Crippen molar-refractivity contribution in [3.8, 4) is 5.75 Å². The fourth-order valence-electron chi connectivity index (χ4n) is 1.29. The smallest absolute Gasteiger partial charge is 0.130 e. The van der Waals surface area contributed by atoms with E-state index in [1.165, 1.54) is 5.56 Å². The normalized spacial score (nSPS) is 14.2. The fourth-order valence-corrected chi connectivity index (χ4v) is 1.29. The Morgan fingerprint density at radius 3 is 3.00 bits per heavy atom. The van der Waals surface area contributed by atoms with E-state index in [9.17, 15) is 0 Å². The monoisotopic (exact) mass is 158 g/mol. The number of hydrogen-bond donors (Lipinski definition) is 0. The first-order chi connectivity index (χ1) is 5.90. The number of ether oxygens (including phenoxy) is 1. The lowest BCUT2D eigenvalue weighted by atomic mass is 10.0. The summed E-state index contributed by atoms with van der Waals surface area (Å²) in [6.07, 6.45) is 4.52. The number of benzene rings is 1. The largest absolute Gasteiger partial charge is 0.464 e. The third kappa shape index (κ3) is 1.14. The van der Waals surface area contributed by atoms with Crippen LogP contribution in [-0.2, 0) is 6.42 Å². The summed E-state index contributed by atoms with van der Waals surface area (Å²) in [4.78, 5) is 0. The minimum Gasteiger partial charge on any atom is -0.464 e. The topological polar surface area (TPSA) is 9.23 Å². The van der Waals surface area contributed by atoms with Crippen LogP contribution in [-0.4, -0.2) is 0 Å². The SMILES string of the molecule is C=CC1=COc2ccccc2C1. The molecule has 0 N–H and O–H groups in total. The Bertz CT molecular complexity index is 337. The molecule has 2 rings (SSSR count). The molecule has 0 aromatic heterocycles. The van der Waals surface area contributed by atoms with Crippen molar-refractivity contribution in [2.45, 2.75) is 6.42 Å². The molecule has 0 fully saturated rings. The van der Waals surface area contributed by atoms with Crippen LogP contribution in [0.5, 0.6) is 5.75 Å². The predicted molar refractivity (Wildman–Crippen MR) is 49.1 cm³/mol. The molecule has 0 atom stereocenters. The van der Waals surface area contributed by atoms with Gasteiger partial charge in [-0.15, -0.1) is 0 Å². The summed E-state index contributed by atoms with van der Waals surface area (Å²) in [5, 5.41) is 0. The summed E-state index contributed by atoms with van der Waals surface area (Å²) in [6, 6.07) is 8.05. The molecule has 0 spiro atoms. The zero-order valence-electron chi connectivity index (χ0n) is 6.79. The van der Waals surface area contributed by atoms with Crippen LogP contribution in [0.3, 0.4) is 0 Å². The lowest BCUT2D eigenvalue weighted by Gasteiger charge is -2.14. The third-order valence-electron chi connectivity index (χ3n) is 1.97. The first-order valence-corrected chi connectivity index (χ1v) is 3.96. The molecule has 0 saturated carbocycles. The van der Waals surface area contributed by atoms with Gasteiger partial charge in [-0.25, -0.2) is 0 Å². The predicted octanol–water partition coefficient (Wildman–Crippen LogP) is 2.69. The van der Waals surface area contributed by atoms with E-state index in [1.54, 1.807) is 6.26 Å². The highest BCUT2D eigenvalue weighted by Crippen LogP contribution is 2.25. The summed E-state index contributed by atoms with van der Waals surface area (Å²) in [5.41, 5.74) is 2.36. The molecule has 1 aliphatic heterocycles. The van der Waals surface area contributed by atoms with Gasteiger partial charge in [0.05, 0.1) is 6.26 Å². The maximum absolute atomic E-state index is 5.39. The Morgan fingerprint density at radius 1 is 1.33 bits per heavy atom. The van der Waals surface area contributed by atoms with Crippen LogP contribution in [0.1, 0.15) is 5.56 Å². The third-order valence-corrected chi connectivity index (χ3v) is 1.97. The summed E-state index contributed by atoms with van der Waals surface area (Å²) >= 11 is 0. The van der Waals surface area contributed by atoms with Crippen LogP contribution in [0.2, 0.25) is 0 Å². The van der Waals surface area contributed by atoms with E-state index in [0.29, 0.717) is 0 Å². The first-order valence-electron chi connectivity index (χ1n) is 3.96. The maximum atomic E-state index is 5.39. The van der Waals surface area contributed by atoms with E-state index in [1.807, 2.05) is 24.3 Å². The highest BCUT2D eigenvalue weighted by Gasteiger charge is 2.08. The molecule has 1 heteroatoms. The van der Waals surface area contributed by atoms with E-state index in [-0.39, 0.29) is 0 Å². The van der Waals surface area contributed by atoms with Crippen molar-refractivity contribution in [2.75, 3.05) is 0 Å². The first kappa shape index (κ1) is 7.17. The molecule has 12 heavy (non-hydrogen) atoms. The molecule has 1 aromatic rings. The van der Waals surface area contributed by atoms with Crippen molar-refractivity contribution < 1.29 is 4.74 Å². The minimum atomic E-state index is 0.930. The van der Waals surface area contributed by atoms with E-state index in [2.05, 4.69) is 12.6 Å². The van der Waals surface area contributed by atoms with Gasteiger partial charge in [0.2, 0.25) is 0 Å². The van der Waals surface area contributed by atoms with E-state index in [4.69, 9.17) is 4.74 Å². The van der Waals surface area contributed by atoms with Gasteiger partial charge >= 0.3 is 0 Å². The highest BCUT2D eigenvalue weighted by molar-refractivity contribution is 5.41. The number of rotatable bonds is 1. The van der Waals surface area contributed by atoms with Crippen molar-refractivity contribution >= 4 is 0 Å². The summed E-state index contributed by atoms with van der Waals surface area (Å²) < 4.78 is 5.39. The molecule has 1 aromatic carbocycles. The average molecular weight is 158 g/mol. The Hall–Kier alpha value is -1.50. The molecule has 0 radical (unpaired) electrons. The van der Waals surface area contributed by atoms with Crippen molar-refractivity contribution in [1.82, 2.24) is 0 Å². The van der Waals surface area contributed by atoms with Crippen LogP contribution < -0.4 is 4.74 Å². The van der Waals surface area contributed by atoms with Crippen LogP contribution >= 0.6 is 0 Å².